The normalized spacial score (nSPS) is 13.2. The molecule has 0 aromatic heterocycles. The van der Waals surface area contributed by atoms with E-state index in [2.05, 4.69) is 5.32 Å². The molecule has 0 bridgehead atoms. The average Bonchev–Trinajstić information content (AvgIpc) is 3.02. The van der Waals surface area contributed by atoms with Crippen molar-refractivity contribution < 1.29 is 28.7 Å². The fourth-order valence-electron chi connectivity index (χ4n) is 4.59. The highest BCUT2D eigenvalue weighted by Crippen LogP contribution is 2.38. The molecule has 0 radical (unpaired) electrons. The number of halogens is 2. The van der Waals surface area contributed by atoms with Crippen molar-refractivity contribution in [3.05, 3.63) is 118 Å². The molecular weight excluding hydrogens is 617 g/mol. The van der Waals surface area contributed by atoms with E-state index in [-0.39, 0.29) is 35.3 Å². The van der Waals surface area contributed by atoms with Crippen molar-refractivity contribution in [1.29, 1.82) is 0 Å². The maximum absolute atomic E-state index is 13.7. The van der Waals surface area contributed by atoms with E-state index in [0.29, 0.717) is 27.6 Å². The lowest BCUT2D eigenvalue weighted by molar-refractivity contribution is -0.121. The first-order chi connectivity index (χ1) is 21.7. The summed E-state index contributed by atoms with van der Waals surface area (Å²) in [7, 11) is 0. The van der Waals surface area contributed by atoms with Gasteiger partial charge in [0.05, 0.1) is 23.0 Å². The topological polar surface area (TPSA) is 105 Å². The molecule has 0 saturated carbocycles. The van der Waals surface area contributed by atoms with Crippen LogP contribution in [0.1, 0.15) is 18.1 Å². The number of anilines is 3. The molecule has 1 N–H and O–H groups in total. The number of carbonyl (C=O) groups is 4. The molecule has 1 aliphatic rings. The highest BCUT2D eigenvalue weighted by atomic mass is 35.5. The Bertz CT molecular complexity index is 1750. The average molecular weight is 645 g/mol. The van der Waals surface area contributed by atoms with E-state index < -0.39 is 23.8 Å². The van der Waals surface area contributed by atoms with Gasteiger partial charge in [-0.15, -0.1) is 0 Å². The standard InChI is InChI=1S/C34H27Cl2N3O6/c1-3-44-29-18-22(17-28(36)31(29)45-20-30(40)37-23-15-14-21(2)27(35)19-23)16-26-32(41)38(24-10-6-4-7-11-24)34(43)39(33(26)42)25-12-8-5-9-13-25/h4-19H,3,20H2,1-2H3,(H,37,40). The zero-order valence-electron chi connectivity index (χ0n) is 24.3. The van der Waals surface area contributed by atoms with E-state index in [1.54, 1.807) is 85.8 Å². The van der Waals surface area contributed by atoms with Gasteiger partial charge < -0.3 is 14.8 Å². The lowest BCUT2D eigenvalue weighted by Crippen LogP contribution is -2.57. The van der Waals surface area contributed by atoms with Crippen LogP contribution in [0.4, 0.5) is 21.9 Å². The number of barbiturate groups is 1. The monoisotopic (exact) mass is 643 g/mol. The van der Waals surface area contributed by atoms with Gasteiger partial charge in [-0.05, 0) is 79.6 Å². The van der Waals surface area contributed by atoms with E-state index in [1.807, 2.05) is 6.92 Å². The molecule has 0 aliphatic carbocycles. The molecule has 45 heavy (non-hydrogen) atoms. The van der Waals surface area contributed by atoms with Crippen molar-refractivity contribution in [3.8, 4) is 11.5 Å². The predicted octanol–water partition coefficient (Wildman–Crippen LogP) is 7.30. The third kappa shape index (κ3) is 6.85. The number of urea groups is 1. The van der Waals surface area contributed by atoms with Crippen LogP contribution in [0.15, 0.2) is 96.6 Å². The number of hydrogen-bond acceptors (Lipinski definition) is 6. The van der Waals surface area contributed by atoms with Crippen LogP contribution in [0.25, 0.3) is 6.08 Å². The smallest absolute Gasteiger partial charge is 0.343 e. The Kier molecular flexibility index (Phi) is 9.51. The number of nitrogens with one attached hydrogen (secondary N) is 1. The van der Waals surface area contributed by atoms with E-state index in [4.69, 9.17) is 32.7 Å². The molecule has 5 rings (SSSR count). The predicted molar refractivity (Wildman–Crippen MR) is 174 cm³/mol. The number of benzene rings is 4. The first-order valence-corrected chi connectivity index (χ1v) is 14.6. The van der Waals surface area contributed by atoms with Gasteiger partial charge in [-0.1, -0.05) is 65.7 Å². The van der Waals surface area contributed by atoms with Gasteiger partial charge in [0.15, 0.2) is 18.1 Å². The van der Waals surface area contributed by atoms with Crippen LogP contribution >= 0.6 is 23.2 Å². The molecule has 0 spiro atoms. The minimum atomic E-state index is -0.803. The summed E-state index contributed by atoms with van der Waals surface area (Å²) >= 11 is 12.7. The minimum Gasteiger partial charge on any atom is -0.490 e. The number of para-hydroxylation sites is 2. The molecular formula is C34H27Cl2N3O6. The molecule has 1 aliphatic heterocycles. The van der Waals surface area contributed by atoms with E-state index in [0.717, 1.165) is 15.4 Å². The molecule has 5 amide bonds. The maximum Gasteiger partial charge on any atom is 0.343 e. The Morgan fingerprint density at radius 3 is 1.96 bits per heavy atom. The number of carbonyl (C=O) groups excluding carboxylic acids is 4. The minimum absolute atomic E-state index is 0.0746. The number of hydrogen-bond donors (Lipinski definition) is 1. The van der Waals surface area contributed by atoms with Gasteiger partial charge in [0.25, 0.3) is 17.7 Å². The van der Waals surface area contributed by atoms with Gasteiger partial charge in [0, 0.05) is 10.7 Å². The van der Waals surface area contributed by atoms with E-state index in [9.17, 15) is 19.2 Å². The zero-order chi connectivity index (χ0) is 32.1. The number of amides is 5. The van der Waals surface area contributed by atoms with E-state index in [1.165, 1.54) is 18.2 Å². The van der Waals surface area contributed by atoms with Gasteiger partial charge >= 0.3 is 6.03 Å². The fourth-order valence-corrected chi connectivity index (χ4v) is 5.04. The molecule has 4 aromatic rings. The first kappa shape index (κ1) is 31.3. The van der Waals surface area contributed by atoms with Crippen LogP contribution in [-0.4, -0.2) is 37.0 Å². The Labute approximate surface area is 269 Å². The lowest BCUT2D eigenvalue weighted by Gasteiger charge is -2.34. The number of nitrogens with zero attached hydrogens (tertiary/aromatic N) is 2. The van der Waals surface area contributed by atoms with Crippen molar-refractivity contribution in [2.75, 3.05) is 28.3 Å². The third-order valence-corrected chi connectivity index (χ3v) is 7.41. The van der Waals surface area contributed by atoms with Crippen molar-refractivity contribution in [2.24, 2.45) is 0 Å². The SMILES string of the molecule is CCOc1cc(C=C2C(=O)N(c3ccccc3)C(=O)N(c3ccccc3)C2=O)cc(Cl)c1OCC(=O)Nc1ccc(C)c(Cl)c1. The third-order valence-electron chi connectivity index (χ3n) is 6.72. The quantitative estimate of drug-likeness (QED) is 0.152. The van der Waals surface area contributed by atoms with Crippen LogP contribution in [-0.2, 0) is 14.4 Å². The van der Waals surface area contributed by atoms with Crippen molar-refractivity contribution in [1.82, 2.24) is 0 Å². The van der Waals surface area contributed by atoms with Crippen LogP contribution in [0.2, 0.25) is 10.0 Å². The summed E-state index contributed by atoms with van der Waals surface area (Å²) in [6, 6.07) is 24.0. The summed E-state index contributed by atoms with van der Waals surface area (Å²) in [5.41, 5.74) is 2.04. The van der Waals surface area contributed by atoms with Crippen LogP contribution in [0.5, 0.6) is 11.5 Å². The number of rotatable bonds is 9. The number of imide groups is 2. The summed E-state index contributed by atoms with van der Waals surface area (Å²) in [6.07, 6.45) is 1.34. The Morgan fingerprint density at radius 1 is 0.800 bits per heavy atom. The van der Waals surface area contributed by atoms with Gasteiger partial charge in [0.1, 0.15) is 5.57 Å². The highest BCUT2D eigenvalue weighted by molar-refractivity contribution is 6.46. The summed E-state index contributed by atoms with van der Waals surface area (Å²) in [6.45, 7) is 3.46. The molecule has 228 valence electrons. The van der Waals surface area contributed by atoms with Crippen LogP contribution < -0.4 is 24.6 Å². The maximum atomic E-state index is 13.7. The lowest BCUT2D eigenvalue weighted by atomic mass is 10.0. The largest absolute Gasteiger partial charge is 0.490 e. The fraction of sp³-hybridized carbons (Fsp3) is 0.118. The molecule has 1 heterocycles. The summed E-state index contributed by atoms with van der Waals surface area (Å²) in [4.78, 5) is 55.4. The summed E-state index contributed by atoms with van der Waals surface area (Å²) < 4.78 is 11.5. The summed E-state index contributed by atoms with van der Waals surface area (Å²) in [5.74, 6) is -1.76. The molecule has 9 nitrogen and oxygen atoms in total. The second-order valence-corrected chi connectivity index (χ2v) is 10.7. The number of aryl methyl sites for hydroxylation is 1. The van der Waals surface area contributed by atoms with Crippen molar-refractivity contribution in [3.63, 3.8) is 0 Å². The zero-order valence-corrected chi connectivity index (χ0v) is 25.8. The van der Waals surface area contributed by atoms with Crippen molar-refractivity contribution >= 4 is 70.1 Å². The Balaban J connectivity index is 1.46. The molecule has 0 unspecified atom stereocenters. The van der Waals surface area contributed by atoms with Gasteiger partial charge in [-0.2, -0.15) is 0 Å². The molecule has 1 saturated heterocycles. The number of ether oxygens (including phenoxy) is 2. The summed E-state index contributed by atoms with van der Waals surface area (Å²) in [5, 5.41) is 3.30. The highest BCUT2D eigenvalue weighted by Gasteiger charge is 2.43. The van der Waals surface area contributed by atoms with Crippen molar-refractivity contribution in [2.45, 2.75) is 13.8 Å². The van der Waals surface area contributed by atoms with Gasteiger partial charge in [-0.3, -0.25) is 14.4 Å². The second kappa shape index (κ2) is 13.7. The Morgan fingerprint density at radius 2 is 1.40 bits per heavy atom. The Hall–Kier alpha value is -5.12. The van der Waals surface area contributed by atoms with Gasteiger partial charge in [0.2, 0.25) is 0 Å². The van der Waals surface area contributed by atoms with Gasteiger partial charge in [-0.25, -0.2) is 14.6 Å². The second-order valence-electron chi connectivity index (χ2n) is 9.86. The molecule has 1 fully saturated rings. The molecule has 4 aromatic carbocycles. The van der Waals surface area contributed by atoms with Crippen LogP contribution in [0.3, 0.4) is 0 Å². The first-order valence-electron chi connectivity index (χ1n) is 13.9. The van der Waals surface area contributed by atoms with Crippen LogP contribution in [0, 0.1) is 6.92 Å². The molecule has 0 atom stereocenters. The van der Waals surface area contributed by atoms with E-state index >= 15 is 0 Å². The molecule has 11 heteroatoms.